The molecule has 0 N–H and O–H groups in total. The van der Waals surface area contributed by atoms with Gasteiger partial charge >= 0.3 is 18.2 Å². The fourth-order valence-corrected chi connectivity index (χ4v) is 4.34. The van der Waals surface area contributed by atoms with Gasteiger partial charge in [0, 0.05) is 5.56 Å². The lowest BCUT2D eigenvalue weighted by Gasteiger charge is -2.24. The van der Waals surface area contributed by atoms with Crippen LogP contribution >= 0.6 is 27.3 Å². The van der Waals surface area contributed by atoms with Gasteiger partial charge in [-0.1, -0.05) is 6.07 Å². The van der Waals surface area contributed by atoms with E-state index in [1.165, 1.54) is 6.92 Å². The predicted molar refractivity (Wildman–Crippen MR) is 107 cm³/mol. The number of carbonyl (C=O) groups is 2. The first kappa shape index (κ1) is 24.1. The van der Waals surface area contributed by atoms with Gasteiger partial charge in [0.1, 0.15) is 10.8 Å². The highest BCUT2D eigenvalue weighted by atomic mass is 79.9. The summed E-state index contributed by atoms with van der Waals surface area (Å²) >= 11 is 4.20. The van der Waals surface area contributed by atoms with Crippen molar-refractivity contribution < 1.29 is 36.6 Å². The van der Waals surface area contributed by atoms with Gasteiger partial charge in [-0.3, -0.25) is 4.90 Å². The average Bonchev–Trinajstić information content (AvgIpc) is 2.94. The minimum atomic E-state index is -4.84. The third-order valence-corrected chi connectivity index (χ3v) is 6.21. The molecule has 1 aromatic carbocycles. The fraction of sp³-hybridized carbons (Fsp3) is 0.368. The maximum Gasteiger partial charge on any atom is 0.416 e. The molecule has 0 saturated heterocycles. The standard InChI is InChI=1S/C19H18BrF4NO4S/c1-4-28-17(26)14-10(3)15(20)30-16(14)25(18(27)29-5-2)9-11-12(19(22,23)24)7-6-8-13(11)21/h6-8H,4-5,9H2,1-3H3. The number of ether oxygens (including phenoxy) is 2. The topological polar surface area (TPSA) is 55.8 Å². The second kappa shape index (κ2) is 9.78. The molecule has 1 amide bonds. The summed E-state index contributed by atoms with van der Waals surface area (Å²) < 4.78 is 65.1. The highest BCUT2D eigenvalue weighted by Gasteiger charge is 2.37. The maximum atomic E-state index is 14.4. The van der Waals surface area contributed by atoms with Crippen molar-refractivity contribution in [3.8, 4) is 0 Å². The first-order chi connectivity index (χ1) is 14.0. The molecule has 0 fully saturated rings. The van der Waals surface area contributed by atoms with Crippen molar-refractivity contribution in [2.75, 3.05) is 18.1 Å². The van der Waals surface area contributed by atoms with Crippen LogP contribution in [0.15, 0.2) is 22.0 Å². The van der Waals surface area contributed by atoms with Crippen molar-refractivity contribution in [3.05, 3.63) is 50.1 Å². The first-order valence-electron chi connectivity index (χ1n) is 8.77. The third kappa shape index (κ3) is 5.12. The van der Waals surface area contributed by atoms with Gasteiger partial charge in [0.2, 0.25) is 0 Å². The highest BCUT2D eigenvalue weighted by molar-refractivity contribution is 9.11. The first-order valence-corrected chi connectivity index (χ1v) is 10.4. The maximum absolute atomic E-state index is 14.4. The summed E-state index contributed by atoms with van der Waals surface area (Å²) in [5.41, 5.74) is -1.53. The molecule has 0 spiro atoms. The molecule has 11 heteroatoms. The molecule has 0 aliphatic rings. The van der Waals surface area contributed by atoms with Crippen LogP contribution in [0.1, 0.15) is 40.9 Å². The number of anilines is 1. The number of rotatable bonds is 6. The molecule has 0 saturated carbocycles. The minimum absolute atomic E-state index is 0.00680. The van der Waals surface area contributed by atoms with Crippen LogP contribution in [-0.4, -0.2) is 25.3 Å². The summed E-state index contributed by atoms with van der Waals surface area (Å²) in [7, 11) is 0. The van der Waals surface area contributed by atoms with E-state index in [9.17, 15) is 27.2 Å². The van der Waals surface area contributed by atoms with Crippen molar-refractivity contribution in [1.82, 2.24) is 0 Å². The molecule has 0 aliphatic carbocycles. The lowest BCUT2D eigenvalue weighted by Crippen LogP contribution is -2.33. The molecule has 30 heavy (non-hydrogen) atoms. The molecule has 1 aromatic heterocycles. The van der Waals surface area contributed by atoms with E-state index >= 15 is 0 Å². The Morgan fingerprint density at radius 1 is 1.17 bits per heavy atom. The van der Waals surface area contributed by atoms with Gasteiger partial charge in [-0.05, 0) is 54.4 Å². The summed E-state index contributed by atoms with van der Waals surface area (Å²) in [6, 6.07) is 2.53. The molecule has 1 heterocycles. The van der Waals surface area contributed by atoms with Crippen LogP contribution in [0, 0.1) is 12.7 Å². The second-order valence-electron chi connectivity index (χ2n) is 5.95. The Morgan fingerprint density at radius 3 is 2.37 bits per heavy atom. The SMILES string of the molecule is CCOC(=O)c1c(N(Cc2c(F)cccc2C(F)(F)F)C(=O)OCC)sc(Br)c1C. The predicted octanol–water partition coefficient (Wildman–Crippen LogP) is 6.32. The van der Waals surface area contributed by atoms with Crippen molar-refractivity contribution >= 4 is 44.3 Å². The molecular formula is C19H18BrF4NO4S. The third-order valence-electron chi connectivity index (χ3n) is 4.02. The minimum Gasteiger partial charge on any atom is -0.462 e. The van der Waals surface area contributed by atoms with E-state index < -0.39 is 41.7 Å². The van der Waals surface area contributed by atoms with Crippen molar-refractivity contribution in [1.29, 1.82) is 0 Å². The Labute approximate surface area is 182 Å². The van der Waals surface area contributed by atoms with Crippen LogP contribution in [0.2, 0.25) is 0 Å². The molecule has 2 rings (SSSR count). The van der Waals surface area contributed by atoms with Gasteiger partial charge in [0.15, 0.2) is 0 Å². The number of benzene rings is 1. The number of nitrogens with zero attached hydrogens (tertiary/aromatic N) is 1. The zero-order valence-corrected chi connectivity index (χ0v) is 18.6. The Morgan fingerprint density at radius 2 is 1.80 bits per heavy atom. The monoisotopic (exact) mass is 511 g/mol. The molecule has 0 bridgehead atoms. The van der Waals surface area contributed by atoms with Crippen LogP contribution in [0.4, 0.5) is 27.4 Å². The van der Waals surface area contributed by atoms with E-state index in [0.717, 1.165) is 34.4 Å². The Balaban J connectivity index is 2.66. The van der Waals surface area contributed by atoms with E-state index in [1.54, 1.807) is 13.8 Å². The normalized spacial score (nSPS) is 11.3. The molecule has 0 aliphatic heterocycles. The van der Waals surface area contributed by atoms with E-state index in [4.69, 9.17) is 9.47 Å². The number of hydrogen-bond acceptors (Lipinski definition) is 5. The number of halogens is 5. The molecule has 0 radical (unpaired) electrons. The lowest BCUT2D eigenvalue weighted by molar-refractivity contribution is -0.138. The number of hydrogen-bond donors (Lipinski definition) is 0. The zero-order valence-electron chi connectivity index (χ0n) is 16.2. The molecule has 0 unspecified atom stereocenters. The van der Waals surface area contributed by atoms with Crippen molar-refractivity contribution in [3.63, 3.8) is 0 Å². The Bertz CT molecular complexity index is 945. The second-order valence-corrected chi connectivity index (χ2v) is 8.27. The Hall–Kier alpha value is -2.14. The molecule has 164 valence electrons. The van der Waals surface area contributed by atoms with Gasteiger partial charge in [0.05, 0.1) is 34.7 Å². The summed E-state index contributed by atoms with van der Waals surface area (Å²) in [5, 5.41) is -0.00680. The quantitative estimate of drug-likeness (QED) is 0.336. The highest BCUT2D eigenvalue weighted by Crippen LogP contribution is 2.42. The largest absolute Gasteiger partial charge is 0.462 e. The molecule has 5 nitrogen and oxygen atoms in total. The molecular weight excluding hydrogens is 494 g/mol. The fourth-order valence-electron chi connectivity index (χ4n) is 2.67. The lowest BCUT2D eigenvalue weighted by atomic mass is 10.1. The van der Waals surface area contributed by atoms with Crippen LogP contribution in [-0.2, 0) is 22.2 Å². The van der Waals surface area contributed by atoms with E-state index in [1.807, 2.05) is 0 Å². The zero-order chi connectivity index (χ0) is 22.6. The number of amides is 1. The van der Waals surface area contributed by atoms with Gasteiger partial charge in [-0.2, -0.15) is 13.2 Å². The van der Waals surface area contributed by atoms with Gasteiger partial charge in [0.25, 0.3) is 0 Å². The Kier molecular flexibility index (Phi) is 7.87. The van der Waals surface area contributed by atoms with Crippen molar-refractivity contribution in [2.45, 2.75) is 33.5 Å². The van der Waals surface area contributed by atoms with Crippen LogP contribution in [0.5, 0.6) is 0 Å². The van der Waals surface area contributed by atoms with Gasteiger partial charge in [-0.15, -0.1) is 11.3 Å². The summed E-state index contributed by atoms with van der Waals surface area (Å²) in [6.45, 7) is 3.88. The van der Waals surface area contributed by atoms with Gasteiger partial charge in [-0.25, -0.2) is 14.0 Å². The van der Waals surface area contributed by atoms with Gasteiger partial charge < -0.3 is 9.47 Å². The number of alkyl halides is 3. The average molecular weight is 512 g/mol. The van der Waals surface area contributed by atoms with Crippen LogP contribution in [0.25, 0.3) is 0 Å². The molecule has 0 atom stereocenters. The number of thiophene rings is 1. The summed E-state index contributed by atoms with van der Waals surface area (Å²) in [4.78, 5) is 25.9. The summed E-state index contributed by atoms with van der Waals surface area (Å²) in [5.74, 6) is -1.89. The van der Waals surface area contributed by atoms with Crippen LogP contribution in [0.3, 0.4) is 0 Å². The smallest absolute Gasteiger partial charge is 0.416 e. The van der Waals surface area contributed by atoms with E-state index in [0.29, 0.717) is 9.35 Å². The summed E-state index contributed by atoms with van der Waals surface area (Å²) in [6.07, 6.45) is -5.86. The van der Waals surface area contributed by atoms with E-state index in [2.05, 4.69) is 15.9 Å². The van der Waals surface area contributed by atoms with E-state index in [-0.39, 0.29) is 23.8 Å². The van der Waals surface area contributed by atoms with Crippen LogP contribution < -0.4 is 4.90 Å². The number of carbonyl (C=O) groups excluding carboxylic acids is 2. The van der Waals surface area contributed by atoms with Crippen molar-refractivity contribution in [2.24, 2.45) is 0 Å². The molecule has 2 aromatic rings. The number of esters is 1.